The summed E-state index contributed by atoms with van der Waals surface area (Å²) in [6, 6.07) is 20.0. The zero-order valence-corrected chi connectivity index (χ0v) is 27.5. The lowest BCUT2D eigenvalue weighted by molar-refractivity contribution is -0.145. The summed E-state index contributed by atoms with van der Waals surface area (Å²) < 4.78 is 18.1. The number of benzene rings is 2. The lowest BCUT2D eigenvalue weighted by Gasteiger charge is -2.24. The van der Waals surface area contributed by atoms with Gasteiger partial charge in [0.05, 0.1) is 30.2 Å². The van der Waals surface area contributed by atoms with E-state index in [0.29, 0.717) is 31.7 Å². The highest BCUT2D eigenvalue weighted by Gasteiger charge is 2.41. The maximum Gasteiger partial charge on any atom is 0.410 e. The number of methoxy groups -OCH3 is 1. The van der Waals surface area contributed by atoms with Crippen LogP contribution in [0.25, 0.3) is 22.3 Å². The maximum atomic E-state index is 13.0. The summed E-state index contributed by atoms with van der Waals surface area (Å²) in [5.74, 6) is 0.113. The number of nitrogens with one attached hydrogen (secondary N) is 1. The highest BCUT2D eigenvalue weighted by Crippen LogP contribution is 2.29. The Kier molecular flexibility index (Phi) is 10.3. The molecule has 0 aliphatic carbocycles. The normalized spacial score (nSPS) is 16.1. The van der Waals surface area contributed by atoms with Gasteiger partial charge < -0.3 is 29.0 Å². The number of aryl methyl sites for hydroxylation is 1. The van der Waals surface area contributed by atoms with Crippen molar-refractivity contribution in [3.63, 3.8) is 0 Å². The molecule has 0 saturated carbocycles. The molecule has 5 rings (SSSR count). The number of anilines is 1. The van der Waals surface area contributed by atoms with Gasteiger partial charge in [-0.2, -0.15) is 0 Å². The molecule has 2 aromatic carbocycles. The van der Waals surface area contributed by atoms with Crippen molar-refractivity contribution in [1.29, 1.82) is 0 Å². The second-order valence-corrected chi connectivity index (χ2v) is 12.6. The summed E-state index contributed by atoms with van der Waals surface area (Å²) in [6.45, 7) is 7.07. The van der Waals surface area contributed by atoms with Gasteiger partial charge in [0.25, 0.3) is 0 Å². The fraction of sp³-hybridized carbons (Fsp3) is 0.400. The fourth-order valence-corrected chi connectivity index (χ4v) is 5.59. The second-order valence-electron chi connectivity index (χ2n) is 12.6. The van der Waals surface area contributed by atoms with Crippen LogP contribution < -0.4 is 5.32 Å². The number of carbonyl (C=O) groups is 3. The molecule has 0 bridgehead atoms. The zero-order chi connectivity index (χ0) is 33.6. The third-order valence-corrected chi connectivity index (χ3v) is 7.83. The monoisotopic (exact) mass is 642 g/mol. The molecule has 4 aromatic rings. The third-order valence-electron chi connectivity index (χ3n) is 7.83. The van der Waals surface area contributed by atoms with Gasteiger partial charge >= 0.3 is 18.2 Å². The molecule has 1 fully saturated rings. The first-order valence-corrected chi connectivity index (χ1v) is 15.7. The number of carbonyl (C=O) groups excluding carboxylic acids is 3. The van der Waals surface area contributed by atoms with E-state index in [2.05, 4.69) is 14.9 Å². The summed E-state index contributed by atoms with van der Waals surface area (Å²) >= 11 is 0. The first kappa shape index (κ1) is 33.2. The molecule has 47 heavy (non-hydrogen) atoms. The van der Waals surface area contributed by atoms with E-state index in [4.69, 9.17) is 19.2 Å². The number of pyridine rings is 1. The second kappa shape index (κ2) is 14.5. The average molecular weight is 643 g/mol. The highest BCUT2D eigenvalue weighted by atomic mass is 16.6. The van der Waals surface area contributed by atoms with Crippen molar-refractivity contribution in [2.45, 2.75) is 64.4 Å². The number of rotatable bonds is 10. The number of fused-ring (bicyclic) bond motifs is 1. The number of esters is 1. The topological polar surface area (TPSA) is 128 Å². The Hall–Kier alpha value is -5.13. The van der Waals surface area contributed by atoms with Crippen LogP contribution in [-0.4, -0.2) is 87.4 Å². The van der Waals surface area contributed by atoms with E-state index in [0.717, 1.165) is 27.9 Å². The molecule has 0 radical (unpaired) electrons. The number of hydrogen-bond acceptors (Lipinski definition) is 9. The third kappa shape index (κ3) is 8.37. The Morgan fingerprint density at radius 1 is 1.02 bits per heavy atom. The van der Waals surface area contributed by atoms with Crippen molar-refractivity contribution in [3.8, 4) is 11.3 Å². The molecular formula is C35H42N6O6. The number of likely N-dealkylation sites (tertiary alicyclic amines) is 1. The number of para-hydroxylation sites is 1. The highest BCUT2D eigenvalue weighted by molar-refractivity contribution is 5.91. The van der Waals surface area contributed by atoms with Crippen molar-refractivity contribution in [2.75, 3.05) is 32.6 Å². The molecule has 1 aliphatic rings. The van der Waals surface area contributed by atoms with Crippen molar-refractivity contribution in [1.82, 2.24) is 24.3 Å². The van der Waals surface area contributed by atoms with Crippen LogP contribution in [0.4, 0.5) is 15.4 Å². The Labute approximate surface area is 274 Å². The average Bonchev–Trinajstić information content (AvgIpc) is 3.67. The lowest BCUT2D eigenvalue weighted by Crippen LogP contribution is -2.41. The van der Waals surface area contributed by atoms with Gasteiger partial charge in [-0.3, -0.25) is 4.90 Å². The van der Waals surface area contributed by atoms with Crippen molar-refractivity contribution < 1.29 is 28.6 Å². The molecule has 2 amide bonds. The van der Waals surface area contributed by atoms with Crippen LogP contribution in [0.15, 0.2) is 73.1 Å². The molecule has 1 aliphatic heterocycles. The molecule has 2 atom stereocenters. The van der Waals surface area contributed by atoms with Crippen LogP contribution in [0.5, 0.6) is 0 Å². The molecule has 0 unspecified atom stereocenters. The molecule has 2 aromatic heterocycles. The number of ether oxygens (including phenoxy) is 3. The van der Waals surface area contributed by atoms with Gasteiger partial charge in [0.1, 0.15) is 24.1 Å². The molecule has 248 valence electrons. The van der Waals surface area contributed by atoms with Crippen LogP contribution >= 0.6 is 0 Å². The molecule has 0 spiro atoms. The van der Waals surface area contributed by atoms with E-state index < -0.39 is 23.7 Å². The predicted octanol–water partition coefficient (Wildman–Crippen LogP) is 5.72. The smallest absolute Gasteiger partial charge is 0.410 e. The van der Waals surface area contributed by atoms with E-state index in [-0.39, 0.29) is 25.3 Å². The standard InChI is InChI=1S/C35H42N6O6/c1-35(2,3)47-33(43)39(4)18-11-19-40-23-36-28-16-9-14-26(31(28)40)27-15-10-17-30(38-27)37-25-20-29(32(42)45-5)41(21-25)34(44)46-22-24-12-7-6-8-13-24/h6-10,12-17,23,25,29H,11,18-22H2,1-5H3,(H,37,38)/t25-,29-/m0/s1. The van der Waals surface area contributed by atoms with Gasteiger partial charge in [-0.05, 0) is 51.0 Å². The number of hydrogen-bond donors (Lipinski definition) is 1. The van der Waals surface area contributed by atoms with E-state index >= 15 is 0 Å². The summed E-state index contributed by atoms with van der Waals surface area (Å²) in [5, 5.41) is 3.41. The number of amides is 2. The minimum Gasteiger partial charge on any atom is -0.467 e. The van der Waals surface area contributed by atoms with Gasteiger partial charge in [-0.25, -0.2) is 24.4 Å². The van der Waals surface area contributed by atoms with E-state index in [9.17, 15) is 14.4 Å². The van der Waals surface area contributed by atoms with Crippen LogP contribution in [0.3, 0.4) is 0 Å². The maximum absolute atomic E-state index is 13.0. The Morgan fingerprint density at radius 2 is 1.79 bits per heavy atom. The summed E-state index contributed by atoms with van der Waals surface area (Å²) in [5.41, 5.74) is 3.74. The number of nitrogens with zero attached hydrogens (tertiary/aromatic N) is 5. The molecule has 1 N–H and O–H groups in total. The Morgan fingerprint density at radius 3 is 2.53 bits per heavy atom. The molecule has 12 heteroatoms. The van der Waals surface area contributed by atoms with Gasteiger partial charge in [-0.15, -0.1) is 0 Å². The molecule has 3 heterocycles. The lowest BCUT2D eigenvalue weighted by atomic mass is 10.1. The quantitative estimate of drug-likeness (QED) is 0.171. The van der Waals surface area contributed by atoms with E-state index in [1.807, 2.05) is 87.5 Å². The molecule has 1 saturated heterocycles. The largest absolute Gasteiger partial charge is 0.467 e. The SMILES string of the molecule is COC(=O)[C@@H]1C[C@H](Nc2cccc(-c3cccc4ncn(CCCN(C)C(=O)OC(C)(C)C)c34)n2)CN1C(=O)OCc1ccccc1. The fourth-order valence-electron chi connectivity index (χ4n) is 5.59. The van der Waals surface area contributed by atoms with Crippen LogP contribution in [-0.2, 0) is 32.2 Å². The van der Waals surface area contributed by atoms with Crippen LogP contribution in [0, 0.1) is 0 Å². The molecule has 12 nitrogen and oxygen atoms in total. The van der Waals surface area contributed by atoms with Crippen LogP contribution in [0.1, 0.15) is 39.2 Å². The van der Waals surface area contributed by atoms with Crippen molar-refractivity contribution in [2.24, 2.45) is 0 Å². The van der Waals surface area contributed by atoms with Gasteiger partial charge in [-0.1, -0.05) is 48.5 Å². The molecular weight excluding hydrogens is 600 g/mol. The van der Waals surface area contributed by atoms with E-state index in [1.165, 1.54) is 12.0 Å². The minimum absolute atomic E-state index is 0.105. The predicted molar refractivity (Wildman–Crippen MR) is 178 cm³/mol. The van der Waals surface area contributed by atoms with E-state index in [1.54, 1.807) is 18.3 Å². The summed E-state index contributed by atoms with van der Waals surface area (Å²) in [7, 11) is 3.05. The summed E-state index contributed by atoms with van der Waals surface area (Å²) in [4.78, 5) is 50.5. The minimum atomic E-state index is -0.776. The first-order valence-electron chi connectivity index (χ1n) is 15.7. The van der Waals surface area contributed by atoms with Crippen LogP contribution in [0.2, 0.25) is 0 Å². The van der Waals surface area contributed by atoms with Gasteiger partial charge in [0.2, 0.25) is 0 Å². The summed E-state index contributed by atoms with van der Waals surface area (Å²) in [6.07, 6.45) is 1.93. The Bertz CT molecular complexity index is 1700. The van der Waals surface area contributed by atoms with Crippen molar-refractivity contribution in [3.05, 3.63) is 78.6 Å². The Balaban J connectivity index is 1.27. The number of aromatic nitrogens is 3. The zero-order valence-electron chi connectivity index (χ0n) is 27.5. The number of imidazole rings is 1. The van der Waals surface area contributed by atoms with Gasteiger partial charge in [0, 0.05) is 44.7 Å². The van der Waals surface area contributed by atoms with Crippen molar-refractivity contribution >= 4 is 35.0 Å². The van der Waals surface area contributed by atoms with Gasteiger partial charge in [0.15, 0.2) is 0 Å². The first-order chi connectivity index (χ1) is 22.5.